The molecular formula is C35H30N2O7S2. The maximum Gasteiger partial charge on any atom is 0.295 e. The van der Waals surface area contributed by atoms with Gasteiger partial charge in [-0.05, 0) is 98.0 Å². The van der Waals surface area contributed by atoms with Gasteiger partial charge in [0.1, 0.15) is 16.2 Å². The smallest absolute Gasteiger partial charge is 0.295 e. The van der Waals surface area contributed by atoms with Crippen molar-refractivity contribution in [1.29, 1.82) is 0 Å². The third-order valence-electron chi connectivity index (χ3n) is 7.87. The molecule has 4 aromatic rings. The van der Waals surface area contributed by atoms with E-state index in [1.54, 1.807) is 38.1 Å². The first-order valence-electron chi connectivity index (χ1n) is 14.2. The fraction of sp³-hybridized carbons (Fsp3) is 0.114. The first-order valence-corrected chi connectivity index (χ1v) is 17.1. The largest absolute Gasteiger partial charge is 0.456 e. The van der Waals surface area contributed by atoms with E-state index in [9.17, 15) is 25.9 Å². The number of nitrogens with zero attached hydrogens (tertiary/aromatic N) is 1. The minimum Gasteiger partial charge on any atom is -0.456 e. The van der Waals surface area contributed by atoms with Crippen LogP contribution in [0.25, 0.3) is 33.4 Å². The van der Waals surface area contributed by atoms with Gasteiger partial charge in [0, 0.05) is 40.0 Å². The highest BCUT2D eigenvalue weighted by atomic mass is 32.2. The third kappa shape index (κ3) is 6.05. The van der Waals surface area contributed by atoms with E-state index >= 15 is 0 Å². The molecule has 0 atom stereocenters. The van der Waals surface area contributed by atoms with Gasteiger partial charge in [0.05, 0.1) is 15.9 Å². The normalized spacial score (nSPS) is 12.6. The van der Waals surface area contributed by atoms with E-state index in [1.165, 1.54) is 24.3 Å². The number of fused-ring (bicyclic) bond motifs is 2. The van der Waals surface area contributed by atoms with Crippen LogP contribution in [-0.2, 0) is 20.2 Å². The maximum atomic E-state index is 12.4. The molecule has 0 bridgehead atoms. The summed E-state index contributed by atoms with van der Waals surface area (Å²) in [5.41, 5.74) is 7.11. The van der Waals surface area contributed by atoms with E-state index in [1.807, 2.05) is 56.3 Å². The van der Waals surface area contributed by atoms with Gasteiger partial charge in [-0.1, -0.05) is 36.4 Å². The molecule has 1 heterocycles. The van der Waals surface area contributed by atoms with E-state index < -0.39 is 20.2 Å². The van der Waals surface area contributed by atoms with Crippen LogP contribution in [0.15, 0.2) is 110 Å². The van der Waals surface area contributed by atoms with Crippen molar-refractivity contribution in [2.24, 2.45) is 4.99 Å². The van der Waals surface area contributed by atoms with Crippen LogP contribution >= 0.6 is 0 Å². The lowest BCUT2D eigenvalue weighted by Gasteiger charge is -2.18. The molecule has 0 fully saturated rings. The highest BCUT2D eigenvalue weighted by molar-refractivity contribution is 7.86. The molecule has 0 amide bonds. The van der Waals surface area contributed by atoms with E-state index in [2.05, 4.69) is 5.32 Å². The Morgan fingerprint density at radius 1 is 0.674 bits per heavy atom. The van der Waals surface area contributed by atoms with Crippen LogP contribution in [-0.4, -0.2) is 25.9 Å². The molecule has 46 heavy (non-hydrogen) atoms. The topological polar surface area (TPSA) is 146 Å². The van der Waals surface area contributed by atoms with Crippen molar-refractivity contribution in [1.82, 2.24) is 0 Å². The Hall–Kier alpha value is -4.81. The standard InChI is InChI=1S/C35H30N2O7S2/c1-20-8-7-9-21(2)34(20)36-25-13-12-24-16-30-29(28-10-5-6-11-33(28)46(41,42)43)17-26(19-32(30)44-31(24)18-25)37-35-22(3)14-27(15-23(35)4)45(38,39)40/h5-19,37H,1-4H3,(H,38,39,40)(H,41,42,43). The number of benzene rings is 5. The zero-order valence-corrected chi connectivity index (χ0v) is 27.0. The highest BCUT2D eigenvalue weighted by Crippen LogP contribution is 2.40. The molecule has 0 unspecified atom stereocenters. The Morgan fingerprint density at radius 2 is 1.35 bits per heavy atom. The average molecular weight is 655 g/mol. The van der Waals surface area contributed by atoms with Crippen molar-refractivity contribution >= 4 is 48.3 Å². The second-order valence-electron chi connectivity index (χ2n) is 11.3. The molecule has 1 aliphatic carbocycles. The fourth-order valence-corrected chi connectivity index (χ4v) is 7.03. The predicted octanol–water partition coefficient (Wildman–Crippen LogP) is 7.91. The van der Waals surface area contributed by atoms with Crippen molar-refractivity contribution in [3.05, 3.63) is 119 Å². The maximum absolute atomic E-state index is 12.4. The Morgan fingerprint density at radius 3 is 2.00 bits per heavy atom. The van der Waals surface area contributed by atoms with Crippen molar-refractivity contribution in [3.63, 3.8) is 0 Å². The van der Waals surface area contributed by atoms with Gasteiger partial charge in [0.2, 0.25) is 0 Å². The van der Waals surface area contributed by atoms with Gasteiger partial charge >= 0.3 is 0 Å². The van der Waals surface area contributed by atoms with Gasteiger partial charge < -0.3 is 9.73 Å². The zero-order chi connectivity index (χ0) is 33.0. The van der Waals surface area contributed by atoms with E-state index in [-0.39, 0.29) is 15.4 Å². The summed E-state index contributed by atoms with van der Waals surface area (Å²) in [6, 6.07) is 25.9. The van der Waals surface area contributed by atoms with Gasteiger partial charge in [-0.3, -0.25) is 9.11 Å². The summed E-state index contributed by atoms with van der Waals surface area (Å²) in [5, 5.41) is 4.62. The zero-order valence-electron chi connectivity index (χ0n) is 25.4. The average Bonchev–Trinajstić information content (AvgIpc) is 2.98. The Bertz CT molecular complexity index is 2410. The molecule has 0 spiro atoms. The fourth-order valence-electron chi connectivity index (χ4n) is 5.67. The minimum absolute atomic E-state index is 0.224. The molecule has 3 N–H and O–H groups in total. The molecule has 2 aliphatic rings. The van der Waals surface area contributed by atoms with Gasteiger partial charge in [0.15, 0.2) is 0 Å². The van der Waals surface area contributed by atoms with Gasteiger partial charge in [-0.2, -0.15) is 16.8 Å². The number of nitrogens with one attached hydrogen (secondary N) is 1. The Kier molecular flexibility index (Phi) is 7.81. The first kappa shape index (κ1) is 31.2. The molecule has 234 valence electrons. The van der Waals surface area contributed by atoms with Crippen LogP contribution in [0.1, 0.15) is 22.3 Å². The van der Waals surface area contributed by atoms with Crippen molar-refractivity contribution < 1.29 is 30.4 Å². The van der Waals surface area contributed by atoms with Crippen LogP contribution < -0.4 is 10.7 Å². The minimum atomic E-state index is -4.58. The number of rotatable bonds is 6. The van der Waals surface area contributed by atoms with E-state index in [4.69, 9.17) is 9.41 Å². The molecule has 1 aliphatic heterocycles. The number of para-hydroxylation sites is 1. The molecule has 0 aromatic heterocycles. The molecule has 0 saturated carbocycles. The lowest BCUT2D eigenvalue weighted by molar-refractivity contribution is 0.481. The third-order valence-corrected chi connectivity index (χ3v) is 9.61. The molecule has 6 rings (SSSR count). The SMILES string of the molecule is Cc1cccc(C)c1N=c1ccc2cc3c(-c4ccccc4S(=O)(=O)O)cc(Nc4c(C)cc(S(=O)(=O)O)cc4C)cc3oc-2c1. The summed E-state index contributed by atoms with van der Waals surface area (Å²) >= 11 is 0. The quantitative estimate of drug-likeness (QED) is 0.121. The summed E-state index contributed by atoms with van der Waals surface area (Å²) in [6.45, 7) is 7.42. The van der Waals surface area contributed by atoms with Crippen molar-refractivity contribution in [3.8, 4) is 22.5 Å². The lowest BCUT2D eigenvalue weighted by Crippen LogP contribution is -2.04. The van der Waals surface area contributed by atoms with E-state index in [0.717, 1.165) is 22.4 Å². The second kappa shape index (κ2) is 11.5. The number of aryl methyl sites for hydroxylation is 4. The molecule has 0 saturated heterocycles. The molecule has 9 nitrogen and oxygen atoms in total. The molecule has 4 aromatic carbocycles. The first-order chi connectivity index (χ1) is 21.7. The highest BCUT2D eigenvalue weighted by Gasteiger charge is 2.21. The molecular weight excluding hydrogens is 625 g/mol. The van der Waals surface area contributed by atoms with Gasteiger partial charge in [-0.25, -0.2) is 4.99 Å². The second-order valence-corrected chi connectivity index (χ2v) is 14.1. The van der Waals surface area contributed by atoms with Crippen LogP contribution in [0, 0.1) is 27.7 Å². The predicted molar refractivity (Wildman–Crippen MR) is 178 cm³/mol. The Balaban J connectivity index is 1.60. The summed E-state index contributed by atoms with van der Waals surface area (Å²) in [5.74, 6) is 0.552. The van der Waals surface area contributed by atoms with E-state index in [0.29, 0.717) is 50.2 Å². The van der Waals surface area contributed by atoms with Gasteiger partial charge in [0.25, 0.3) is 20.2 Å². The summed E-state index contributed by atoms with van der Waals surface area (Å²) in [4.78, 5) is 4.38. The van der Waals surface area contributed by atoms with Crippen molar-refractivity contribution in [2.75, 3.05) is 5.32 Å². The van der Waals surface area contributed by atoms with Crippen LogP contribution in [0.5, 0.6) is 0 Å². The lowest BCUT2D eigenvalue weighted by atomic mass is 9.97. The van der Waals surface area contributed by atoms with Gasteiger partial charge in [-0.15, -0.1) is 0 Å². The summed E-state index contributed by atoms with van der Waals surface area (Å²) in [6.07, 6.45) is 0. The van der Waals surface area contributed by atoms with Crippen LogP contribution in [0.3, 0.4) is 0 Å². The van der Waals surface area contributed by atoms with Crippen LogP contribution in [0.2, 0.25) is 0 Å². The number of hydrogen-bond donors (Lipinski definition) is 3. The Labute approximate surface area is 266 Å². The monoisotopic (exact) mass is 654 g/mol. The van der Waals surface area contributed by atoms with Crippen molar-refractivity contribution in [2.45, 2.75) is 37.5 Å². The summed E-state index contributed by atoms with van der Waals surface area (Å²) in [7, 11) is -8.99. The number of hydrogen-bond acceptors (Lipinski definition) is 7. The molecule has 11 heteroatoms. The van der Waals surface area contributed by atoms with Crippen LogP contribution in [0.4, 0.5) is 17.1 Å². The molecule has 0 radical (unpaired) electrons. The summed E-state index contributed by atoms with van der Waals surface area (Å²) < 4.78 is 74.5. The number of anilines is 2.